The van der Waals surface area contributed by atoms with Gasteiger partial charge in [0.25, 0.3) is 10.1 Å². The van der Waals surface area contributed by atoms with E-state index in [1.54, 1.807) is 0 Å². The lowest BCUT2D eigenvalue weighted by Gasteiger charge is -2.23. The average molecular weight is 414 g/mol. The van der Waals surface area contributed by atoms with Crippen LogP contribution >= 0.6 is 0 Å². The molecule has 0 aliphatic rings. The summed E-state index contributed by atoms with van der Waals surface area (Å²) in [6.07, 6.45) is 1.00. The van der Waals surface area contributed by atoms with Crippen molar-refractivity contribution in [2.24, 2.45) is 0 Å². The standard InChI is InChI=1S/C14H23NO5S.CH4O3S/c1-14(2,3)15-8-10(16)9-20-11-5-6-12(17)13(7-11)21(4,18)19;1-5(2,3)4/h5-7,10,15-17H,8-9H2,1-4H3;1H3,(H,2,3,4). The number of sulfone groups is 1. The van der Waals surface area contributed by atoms with E-state index in [4.69, 9.17) is 9.29 Å². The van der Waals surface area contributed by atoms with Crippen LogP contribution in [0.4, 0.5) is 0 Å². The van der Waals surface area contributed by atoms with Crippen molar-refractivity contribution in [2.75, 3.05) is 25.7 Å². The second-order valence-corrected chi connectivity index (χ2v) is 10.2. The van der Waals surface area contributed by atoms with Gasteiger partial charge in [-0.3, -0.25) is 4.55 Å². The molecule has 0 aromatic heterocycles. The van der Waals surface area contributed by atoms with Gasteiger partial charge in [0, 0.05) is 24.4 Å². The van der Waals surface area contributed by atoms with E-state index < -0.39 is 26.1 Å². The van der Waals surface area contributed by atoms with E-state index in [2.05, 4.69) is 5.32 Å². The van der Waals surface area contributed by atoms with Crippen LogP contribution in [0.1, 0.15) is 20.8 Å². The number of aromatic hydroxyl groups is 1. The minimum atomic E-state index is -3.67. The molecular formula is C15H27NO8S2. The third-order valence-corrected chi connectivity index (χ3v) is 3.77. The molecule has 26 heavy (non-hydrogen) atoms. The molecule has 9 nitrogen and oxygen atoms in total. The number of aliphatic hydroxyl groups excluding tert-OH is 1. The van der Waals surface area contributed by atoms with Crippen LogP contribution in [0, 0.1) is 0 Å². The summed E-state index contributed by atoms with van der Waals surface area (Å²) in [7, 11) is -7.20. The second kappa shape index (κ2) is 9.51. The van der Waals surface area contributed by atoms with Gasteiger partial charge < -0.3 is 20.3 Å². The Bertz CT molecular complexity index is 774. The highest BCUT2D eigenvalue weighted by Gasteiger charge is 2.16. The molecule has 0 saturated carbocycles. The Balaban J connectivity index is 0.00000110. The van der Waals surface area contributed by atoms with Crippen LogP contribution in [0.2, 0.25) is 0 Å². The van der Waals surface area contributed by atoms with E-state index in [1.165, 1.54) is 18.2 Å². The van der Waals surface area contributed by atoms with Gasteiger partial charge in [0.1, 0.15) is 29.1 Å². The zero-order valence-corrected chi connectivity index (χ0v) is 17.1. The SMILES string of the molecule is CC(C)(C)NCC(O)COc1ccc(O)c(S(C)(=O)=O)c1.CS(=O)(=O)O. The Morgan fingerprint density at radius 2 is 1.65 bits per heavy atom. The van der Waals surface area contributed by atoms with Gasteiger partial charge in [-0.15, -0.1) is 0 Å². The molecule has 0 spiro atoms. The minimum Gasteiger partial charge on any atom is -0.507 e. The fraction of sp³-hybridized carbons (Fsp3) is 0.600. The lowest BCUT2D eigenvalue weighted by molar-refractivity contribution is 0.0999. The topological polar surface area (TPSA) is 150 Å². The average Bonchev–Trinajstić information content (AvgIpc) is 2.40. The van der Waals surface area contributed by atoms with E-state index in [0.717, 1.165) is 6.26 Å². The zero-order valence-electron chi connectivity index (χ0n) is 15.4. The van der Waals surface area contributed by atoms with Gasteiger partial charge in [-0.2, -0.15) is 8.42 Å². The summed E-state index contributed by atoms with van der Waals surface area (Å²) in [5.41, 5.74) is -0.108. The summed E-state index contributed by atoms with van der Waals surface area (Å²) in [6.45, 7) is 6.34. The summed E-state index contributed by atoms with van der Waals surface area (Å²) in [4.78, 5) is -0.192. The molecule has 0 heterocycles. The Kier molecular flexibility index (Phi) is 9.00. The van der Waals surface area contributed by atoms with E-state index in [9.17, 15) is 27.0 Å². The molecule has 0 aliphatic carbocycles. The van der Waals surface area contributed by atoms with Crippen molar-refractivity contribution in [1.29, 1.82) is 0 Å². The fourth-order valence-corrected chi connectivity index (χ4v) is 2.33. The highest BCUT2D eigenvalue weighted by Crippen LogP contribution is 2.27. The third-order valence-electron chi connectivity index (χ3n) is 2.64. The van der Waals surface area contributed by atoms with Crippen molar-refractivity contribution in [1.82, 2.24) is 5.32 Å². The number of phenolic OH excluding ortho intramolecular Hbond substituents is 1. The maximum absolute atomic E-state index is 11.5. The van der Waals surface area contributed by atoms with E-state index in [-0.39, 0.29) is 28.5 Å². The van der Waals surface area contributed by atoms with Gasteiger partial charge in [0.2, 0.25) is 0 Å². The van der Waals surface area contributed by atoms with Gasteiger partial charge >= 0.3 is 0 Å². The lowest BCUT2D eigenvalue weighted by Crippen LogP contribution is -2.42. The largest absolute Gasteiger partial charge is 0.507 e. The Morgan fingerprint density at radius 1 is 1.15 bits per heavy atom. The number of benzene rings is 1. The number of phenols is 1. The molecule has 1 unspecified atom stereocenters. The van der Waals surface area contributed by atoms with Crippen molar-refractivity contribution >= 4 is 20.0 Å². The van der Waals surface area contributed by atoms with Gasteiger partial charge in [-0.05, 0) is 32.9 Å². The molecule has 0 fully saturated rings. The van der Waals surface area contributed by atoms with E-state index >= 15 is 0 Å². The monoisotopic (exact) mass is 413 g/mol. The molecule has 152 valence electrons. The summed E-state index contributed by atoms with van der Waals surface area (Å²) < 4.78 is 54.2. The zero-order chi connectivity index (χ0) is 20.8. The molecule has 1 rings (SSSR count). The van der Waals surface area contributed by atoms with Crippen LogP contribution in [0.5, 0.6) is 11.5 Å². The first-order valence-electron chi connectivity index (χ1n) is 7.50. The Hall–Kier alpha value is -1.40. The predicted molar refractivity (Wildman–Crippen MR) is 97.9 cm³/mol. The summed E-state index contributed by atoms with van der Waals surface area (Å²) in [5, 5.41) is 22.5. The molecule has 0 radical (unpaired) electrons. The first kappa shape index (κ1) is 24.6. The smallest absolute Gasteiger partial charge is 0.261 e. The van der Waals surface area contributed by atoms with Gasteiger partial charge in [0.05, 0.1) is 6.26 Å². The van der Waals surface area contributed by atoms with Gasteiger partial charge in [0.15, 0.2) is 9.84 Å². The summed E-state index contributed by atoms with van der Waals surface area (Å²) in [6, 6.07) is 3.95. The van der Waals surface area contributed by atoms with Crippen molar-refractivity contribution < 1.29 is 36.3 Å². The van der Waals surface area contributed by atoms with Crippen molar-refractivity contribution in [3.63, 3.8) is 0 Å². The molecule has 1 aromatic rings. The van der Waals surface area contributed by atoms with Crippen LogP contribution in [0.25, 0.3) is 0 Å². The number of β-amino-alcohol motifs (C(OH)–C–C–N with tert-alkyl or cyclic N) is 1. The number of nitrogens with one attached hydrogen (secondary N) is 1. The molecular weight excluding hydrogens is 386 g/mol. The number of hydrogen-bond acceptors (Lipinski definition) is 8. The van der Waals surface area contributed by atoms with E-state index in [1.807, 2.05) is 20.8 Å². The van der Waals surface area contributed by atoms with Crippen LogP contribution in [-0.2, 0) is 20.0 Å². The maximum atomic E-state index is 11.5. The number of rotatable bonds is 6. The first-order chi connectivity index (χ1) is 11.5. The molecule has 0 saturated heterocycles. The lowest BCUT2D eigenvalue weighted by atomic mass is 10.1. The molecule has 1 atom stereocenters. The molecule has 0 amide bonds. The Morgan fingerprint density at radius 3 is 2.08 bits per heavy atom. The summed E-state index contributed by atoms with van der Waals surface area (Å²) in [5.74, 6) is -0.0390. The number of hydrogen-bond donors (Lipinski definition) is 4. The highest BCUT2D eigenvalue weighted by molar-refractivity contribution is 7.90. The normalized spacial score (nSPS) is 13.5. The van der Waals surface area contributed by atoms with Crippen molar-refractivity contribution in [3.05, 3.63) is 18.2 Å². The van der Waals surface area contributed by atoms with Crippen LogP contribution in [-0.4, -0.2) is 68.9 Å². The van der Waals surface area contributed by atoms with Crippen molar-refractivity contribution in [3.8, 4) is 11.5 Å². The van der Waals surface area contributed by atoms with E-state index in [0.29, 0.717) is 12.8 Å². The first-order valence-corrected chi connectivity index (χ1v) is 11.2. The number of aliphatic hydroxyl groups is 1. The number of ether oxygens (including phenoxy) is 1. The molecule has 4 N–H and O–H groups in total. The van der Waals surface area contributed by atoms with Gasteiger partial charge in [-0.1, -0.05) is 0 Å². The maximum Gasteiger partial charge on any atom is 0.261 e. The van der Waals surface area contributed by atoms with Crippen LogP contribution in [0.3, 0.4) is 0 Å². The van der Waals surface area contributed by atoms with Crippen molar-refractivity contribution in [2.45, 2.75) is 37.3 Å². The van der Waals surface area contributed by atoms with Crippen LogP contribution in [0.15, 0.2) is 23.1 Å². The predicted octanol–water partition coefficient (Wildman–Crippen LogP) is 0.428. The third kappa shape index (κ3) is 12.9. The fourth-order valence-electron chi connectivity index (χ4n) is 1.56. The molecule has 0 bridgehead atoms. The van der Waals surface area contributed by atoms with Crippen LogP contribution < -0.4 is 10.1 Å². The molecule has 11 heteroatoms. The van der Waals surface area contributed by atoms with Gasteiger partial charge in [-0.25, -0.2) is 8.42 Å². The minimum absolute atomic E-state index is 0.0249. The molecule has 1 aromatic carbocycles. The highest BCUT2D eigenvalue weighted by atomic mass is 32.2. The summed E-state index contributed by atoms with van der Waals surface area (Å²) >= 11 is 0. The quantitative estimate of drug-likeness (QED) is 0.487. The Labute approximate surface area is 154 Å². The molecule has 0 aliphatic heterocycles. The second-order valence-electron chi connectivity index (χ2n) is 6.73.